The highest BCUT2D eigenvalue weighted by molar-refractivity contribution is 4.45. The van der Waals surface area contributed by atoms with Crippen molar-refractivity contribution in [3.8, 4) is 0 Å². The molecule has 11 heavy (non-hydrogen) atoms. The monoisotopic (exact) mass is 160 g/mol. The van der Waals surface area contributed by atoms with Crippen LogP contribution in [-0.2, 0) is 9.78 Å². The molecule has 1 fully saturated rings. The summed E-state index contributed by atoms with van der Waals surface area (Å²) in [5.41, 5.74) is 0. The second-order valence-electron chi connectivity index (χ2n) is 2.90. The quantitative estimate of drug-likeness (QED) is 0.467. The van der Waals surface area contributed by atoms with Gasteiger partial charge in [0, 0.05) is 0 Å². The first-order valence-electron chi connectivity index (χ1n) is 4.59. The normalized spacial score (nSPS) is 21.5. The van der Waals surface area contributed by atoms with Crippen molar-refractivity contribution >= 4 is 0 Å². The first-order valence-corrected chi connectivity index (χ1v) is 4.59. The molecule has 68 valence electrons. The fourth-order valence-corrected chi connectivity index (χ4v) is 0.704. The minimum absolute atomic E-state index is 0.343. The lowest BCUT2D eigenvalue weighted by atomic mass is 10.2. The highest BCUT2D eigenvalue weighted by atomic mass is 17.2. The van der Waals surface area contributed by atoms with E-state index >= 15 is 0 Å². The predicted octanol–water partition coefficient (Wildman–Crippen LogP) is 2.92. The van der Waals surface area contributed by atoms with E-state index in [1.54, 1.807) is 0 Å². The molecule has 1 aliphatic heterocycles. The number of hydrogen-bond donors (Lipinski definition) is 0. The van der Waals surface area contributed by atoms with E-state index in [1.807, 2.05) is 6.92 Å². The van der Waals surface area contributed by atoms with Gasteiger partial charge in [-0.05, 0) is 6.92 Å². The van der Waals surface area contributed by atoms with E-state index in [0.29, 0.717) is 6.10 Å². The Hall–Kier alpha value is -0.0800. The summed E-state index contributed by atoms with van der Waals surface area (Å²) in [6.45, 7) is 7.19. The van der Waals surface area contributed by atoms with Crippen LogP contribution in [0.3, 0.4) is 0 Å². The Morgan fingerprint density at radius 3 is 1.64 bits per heavy atom. The van der Waals surface area contributed by atoms with E-state index in [0.717, 1.165) is 6.61 Å². The molecule has 1 rings (SSSR count). The molecule has 0 bridgehead atoms. The van der Waals surface area contributed by atoms with Crippen molar-refractivity contribution < 1.29 is 9.78 Å². The topological polar surface area (TPSA) is 18.5 Å². The second kappa shape index (κ2) is 8.02. The highest BCUT2D eigenvalue weighted by Gasteiger charge is 2.11. The van der Waals surface area contributed by atoms with Gasteiger partial charge in [-0.15, -0.1) is 0 Å². The van der Waals surface area contributed by atoms with Gasteiger partial charge in [0.2, 0.25) is 0 Å². The molecule has 0 aromatic carbocycles. The van der Waals surface area contributed by atoms with Gasteiger partial charge >= 0.3 is 0 Å². The summed E-state index contributed by atoms with van der Waals surface area (Å²) in [5, 5.41) is 0. The largest absolute Gasteiger partial charge is 0.234 e. The Morgan fingerprint density at radius 2 is 1.55 bits per heavy atom. The lowest BCUT2D eigenvalue weighted by molar-refractivity contribution is -0.419. The molecular formula is C9H20O2. The average Bonchev–Trinajstić information content (AvgIpc) is 1.98. The first-order chi connectivity index (χ1) is 5.31. The van der Waals surface area contributed by atoms with Crippen LogP contribution in [0.25, 0.3) is 0 Å². The van der Waals surface area contributed by atoms with E-state index in [2.05, 4.69) is 23.6 Å². The molecule has 0 amide bonds. The molecule has 0 radical (unpaired) electrons. The third-order valence-corrected chi connectivity index (χ3v) is 1.49. The van der Waals surface area contributed by atoms with Crippen LogP contribution in [-0.4, -0.2) is 12.7 Å². The van der Waals surface area contributed by atoms with Crippen molar-refractivity contribution in [3.05, 3.63) is 0 Å². The summed E-state index contributed by atoms with van der Waals surface area (Å²) >= 11 is 0. The fourth-order valence-electron chi connectivity index (χ4n) is 0.704. The lowest BCUT2D eigenvalue weighted by Gasteiger charge is -2.18. The Morgan fingerprint density at radius 1 is 1.18 bits per heavy atom. The maximum absolute atomic E-state index is 4.43. The zero-order valence-corrected chi connectivity index (χ0v) is 7.93. The lowest BCUT2D eigenvalue weighted by Crippen LogP contribution is -2.26. The predicted molar refractivity (Wildman–Crippen MR) is 46.3 cm³/mol. The van der Waals surface area contributed by atoms with Gasteiger partial charge in [0.25, 0.3) is 0 Å². The van der Waals surface area contributed by atoms with Crippen LogP contribution in [0.4, 0.5) is 0 Å². The molecule has 1 saturated heterocycles. The molecule has 0 N–H and O–H groups in total. The molecule has 0 aromatic rings. The van der Waals surface area contributed by atoms with Crippen molar-refractivity contribution in [1.29, 1.82) is 0 Å². The van der Waals surface area contributed by atoms with Gasteiger partial charge in [0.15, 0.2) is 0 Å². The Kier molecular flexibility index (Phi) is 7.96. The number of unbranched alkanes of at least 4 members (excludes halogenated alkanes) is 3. The van der Waals surface area contributed by atoms with Crippen molar-refractivity contribution in [3.63, 3.8) is 0 Å². The standard InChI is InChI=1S/C6H14.C3H6O2/c1-3-5-6-4-2;1-3-2-4-5-3/h3-6H2,1-2H3;3H,2H2,1H3. The average molecular weight is 160 g/mol. The van der Waals surface area contributed by atoms with Crippen LogP contribution in [0.5, 0.6) is 0 Å². The zero-order chi connectivity index (χ0) is 8.53. The van der Waals surface area contributed by atoms with Gasteiger partial charge in [0.05, 0.1) is 0 Å². The van der Waals surface area contributed by atoms with Crippen molar-refractivity contribution in [1.82, 2.24) is 0 Å². The molecule has 1 unspecified atom stereocenters. The molecule has 0 saturated carbocycles. The summed E-state index contributed by atoms with van der Waals surface area (Å²) < 4.78 is 0. The molecule has 2 nitrogen and oxygen atoms in total. The maximum atomic E-state index is 4.43. The summed E-state index contributed by atoms with van der Waals surface area (Å²) in [4.78, 5) is 8.77. The Balaban J connectivity index is 0.000000183. The molecule has 1 aliphatic rings. The third kappa shape index (κ3) is 7.82. The van der Waals surface area contributed by atoms with Crippen LogP contribution in [0.15, 0.2) is 0 Å². The van der Waals surface area contributed by atoms with E-state index in [4.69, 9.17) is 0 Å². The van der Waals surface area contributed by atoms with Gasteiger partial charge in [0.1, 0.15) is 12.7 Å². The van der Waals surface area contributed by atoms with Gasteiger partial charge < -0.3 is 0 Å². The Labute approximate surface area is 69.8 Å². The van der Waals surface area contributed by atoms with Crippen molar-refractivity contribution in [2.45, 2.75) is 52.6 Å². The highest BCUT2D eigenvalue weighted by Crippen LogP contribution is 2.02. The first kappa shape index (κ1) is 10.9. The van der Waals surface area contributed by atoms with Gasteiger partial charge in [-0.1, -0.05) is 39.5 Å². The van der Waals surface area contributed by atoms with Crippen molar-refractivity contribution in [2.75, 3.05) is 6.61 Å². The van der Waals surface area contributed by atoms with Gasteiger partial charge in [-0.25, -0.2) is 9.78 Å². The number of hydrogen-bond acceptors (Lipinski definition) is 2. The summed E-state index contributed by atoms with van der Waals surface area (Å²) in [5.74, 6) is 0. The maximum Gasteiger partial charge on any atom is 0.117 e. The van der Waals surface area contributed by atoms with E-state index < -0.39 is 0 Å². The Bertz CT molecular complexity index is 66.0. The molecule has 0 aliphatic carbocycles. The smallest absolute Gasteiger partial charge is 0.117 e. The zero-order valence-electron chi connectivity index (χ0n) is 7.93. The molecule has 1 atom stereocenters. The van der Waals surface area contributed by atoms with E-state index in [-0.39, 0.29) is 0 Å². The molecular weight excluding hydrogens is 140 g/mol. The fraction of sp³-hybridized carbons (Fsp3) is 1.00. The van der Waals surface area contributed by atoms with Crippen molar-refractivity contribution in [2.24, 2.45) is 0 Å². The van der Waals surface area contributed by atoms with Crippen LogP contribution in [0.1, 0.15) is 46.5 Å². The summed E-state index contributed by atoms with van der Waals surface area (Å²) in [6, 6.07) is 0. The molecule has 2 heteroatoms. The second-order valence-corrected chi connectivity index (χ2v) is 2.90. The SMILES string of the molecule is CC1COO1.CCCCCC. The van der Waals surface area contributed by atoms with Gasteiger partial charge in [-0.3, -0.25) is 0 Å². The third-order valence-electron chi connectivity index (χ3n) is 1.49. The molecule has 0 aromatic heterocycles. The summed E-state index contributed by atoms with van der Waals surface area (Å²) in [6.07, 6.45) is 5.88. The van der Waals surface area contributed by atoms with E-state index in [1.165, 1.54) is 25.7 Å². The van der Waals surface area contributed by atoms with Crippen LogP contribution < -0.4 is 0 Å². The number of rotatable bonds is 3. The summed E-state index contributed by atoms with van der Waals surface area (Å²) in [7, 11) is 0. The molecule has 1 heterocycles. The van der Waals surface area contributed by atoms with E-state index in [9.17, 15) is 0 Å². The molecule has 0 spiro atoms. The van der Waals surface area contributed by atoms with Crippen LogP contribution >= 0.6 is 0 Å². The minimum atomic E-state index is 0.343. The minimum Gasteiger partial charge on any atom is -0.234 e. The van der Waals surface area contributed by atoms with Crippen LogP contribution in [0.2, 0.25) is 0 Å². The van der Waals surface area contributed by atoms with Crippen LogP contribution in [0, 0.1) is 0 Å². The van der Waals surface area contributed by atoms with Gasteiger partial charge in [-0.2, -0.15) is 0 Å².